The first-order valence-corrected chi connectivity index (χ1v) is 5.64. The van der Waals surface area contributed by atoms with Crippen molar-refractivity contribution in [2.24, 2.45) is 0 Å². The molecule has 0 aliphatic heterocycles. The van der Waals surface area contributed by atoms with Gasteiger partial charge in [-0.25, -0.2) is 4.39 Å². The molecule has 1 heterocycles. The molecule has 1 N–H and O–H groups in total. The number of rotatable bonds is 4. The van der Waals surface area contributed by atoms with Crippen molar-refractivity contribution in [2.75, 3.05) is 0 Å². The maximum absolute atomic E-state index is 13.4. The van der Waals surface area contributed by atoms with E-state index in [2.05, 4.69) is 17.2 Å². The van der Waals surface area contributed by atoms with E-state index in [4.69, 9.17) is 0 Å². The largest absolute Gasteiger partial charge is 0.306 e. The van der Waals surface area contributed by atoms with Gasteiger partial charge in [-0.1, -0.05) is 18.2 Å². The molecule has 0 fully saturated rings. The van der Waals surface area contributed by atoms with Gasteiger partial charge in [0.25, 0.3) is 0 Å². The highest BCUT2D eigenvalue weighted by Crippen LogP contribution is 2.12. The molecule has 17 heavy (non-hydrogen) atoms. The van der Waals surface area contributed by atoms with Crippen molar-refractivity contribution >= 4 is 0 Å². The van der Waals surface area contributed by atoms with Crippen molar-refractivity contribution in [3.8, 4) is 0 Å². The van der Waals surface area contributed by atoms with Gasteiger partial charge in [0, 0.05) is 30.5 Å². The average Bonchev–Trinajstić information content (AvgIpc) is 2.38. The van der Waals surface area contributed by atoms with Crippen LogP contribution in [0.5, 0.6) is 0 Å². The second kappa shape index (κ2) is 5.55. The Balaban J connectivity index is 1.97. The summed E-state index contributed by atoms with van der Waals surface area (Å²) in [5, 5.41) is 3.29. The van der Waals surface area contributed by atoms with Crippen molar-refractivity contribution in [2.45, 2.75) is 19.5 Å². The van der Waals surface area contributed by atoms with Crippen LogP contribution in [0.25, 0.3) is 0 Å². The fourth-order valence-electron chi connectivity index (χ4n) is 1.67. The zero-order valence-corrected chi connectivity index (χ0v) is 9.73. The molecule has 0 aliphatic carbocycles. The van der Waals surface area contributed by atoms with Crippen LogP contribution in [0.1, 0.15) is 24.1 Å². The van der Waals surface area contributed by atoms with Crippen molar-refractivity contribution in [3.05, 3.63) is 65.7 Å². The van der Waals surface area contributed by atoms with Gasteiger partial charge in [0.05, 0.1) is 0 Å². The highest BCUT2D eigenvalue weighted by atomic mass is 19.1. The second-order valence-electron chi connectivity index (χ2n) is 3.97. The van der Waals surface area contributed by atoms with Crippen LogP contribution in [0.3, 0.4) is 0 Å². The predicted molar refractivity (Wildman–Crippen MR) is 65.9 cm³/mol. The number of hydrogen-bond donors (Lipinski definition) is 1. The maximum atomic E-state index is 13.4. The summed E-state index contributed by atoms with van der Waals surface area (Å²) in [5.41, 5.74) is 1.84. The molecule has 0 amide bonds. The van der Waals surface area contributed by atoms with Gasteiger partial charge in [-0.05, 0) is 30.7 Å². The molecule has 1 aromatic carbocycles. The molecule has 1 aromatic heterocycles. The lowest BCUT2D eigenvalue weighted by molar-refractivity contribution is 0.544. The third kappa shape index (κ3) is 3.11. The van der Waals surface area contributed by atoms with Crippen molar-refractivity contribution in [1.29, 1.82) is 0 Å². The summed E-state index contributed by atoms with van der Waals surface area (Å²) in [4.78, 5) is 3.97. The van der Waals surface area contributed by atoms with Crippen molar-refractivity contribution in [3.63, 3.8) is 0 Å². The van der Waals surface area contributed by atoms with Crippen LogP contribution in [-0.4, -0.2) is 4.98 Å². The normalized spacial score (nSPS) is 12.4. The predicted octanol–water partition coefficient (Wildman–Crippen LogP) is 3.07. The summed E-state index contributed by atoms with van der Waals surface area (Å²) in [5.74, 6) is -0.165. The Labute approximate surface area is 101 Å². The molecule has 0 saturated carbocycles. The maximum Gasteiger partial charge on any atom is 0.127 e. The number of pyridine rings is 1. The Morgan fingerprint density at radius 2 is 1.88 bits per heavy atom. The molecule has 2 rings (SSSR count). The van der Waals surface area contributed by atoms with Crippen LogP contribution in [0, 0.1) is 5.82 Å². The minimum Gasteiger partial charge on any atom is -0.306 e. The minimum atomic E-state index is -0.165. The third-order valence-corrected chi connectivity index (χ3v) is 2.76. The van der Waals surface area contributed by atoms with Gasteiger partial charge in [0.15, 0.2) is 0 Å². The van der Waals surface area contributed by atoms with Crippen molar-refractivity contribution in [1.82, 2.24) is 10.3 Å². The first-order valence-electron chi connectivity index (χ1n) is 5.64. The van der Waals surface area contributed by atoms with Crippen LogP contribution >= 0.6 is 0 Å². The van der Waals surface area contributed by atoms with Gasteiger partial charge in [-0.15, -0.1) is 0 Å². The third-order valence-electron chi connectivity index (χ3n) is 2.76. The van der Waals surface area contributed by atoms with E-state index in [-0.39, 0.29) is 11.9 Å². The summed E-state index contributed by atoms with van der Waals surface area (Å²) in [6.07, 6.45) is 3.52. The Bertz CT molecular complexity index is 471. The molecule has 2 aromatic rings. The summed E-state index contributed by atoms with van der Waals surface area (Å²) in [6.45, 7) is 2.58. The van der Waals surface area contributed by atoms with Crippen LogP contribution in [0.15, 0.2) is 48.8 Å². The number of nitrogens with one attached hydrogen (secondary N) is 1. The van der Waals surface area contributed by atoms with E-state index in [1.54, 1.807) is 24.5 Å². The smallest absolute Gasteiger partial charge is 0.127 e. The standard InChI is InChI=1S/C14H15FN2/c1-11(12-6-8-16-9-7-12)17-10-13-4-2-3-5-14(13)15/h2-9,11,17H,10H2,1H3. The number of aromatic nitrogens is 1. The average molecular weight is 230 g/mol. The Hall–Kier alpha value is -1.74. The van der Waals surface area contributed by atoms with Gasteiger partial charge in [-0.3, -0.25) is 4.98 Å². The van der Waals surface area contributed by atoms with Crippen LogP contribution in [0.4, 0.5) is 4.39 Å². The highest BCUT2D eigenvalue weighted by molar-refractivity contribution is 5.18. The van der Waals surface area contributed by atoms with Gasteiger partial charge >= 0.3 is 0 Å². The van der Waals surface area contributed by atoms with E-state index in [1.807, 2.05) is 18.2 Å². The van der Waals surface area contributed by atoms with E-state index >= 15 is 0 Å². The summed E-state index contributed by atoms with van der Waals surface area (Å²) in [6, 6.07) is 10.9. The van der Waals surface area contributed by atoms with Gasteiger partial charge in [-0.2, -0.15) is 0 Å². The number of benzene rings is 1. The van der Waals surface area contributed by atoms with Gasteiger partial charge < -0.3 is 5.32 Å². The second-order valence-corrected chi connectivity index (χ2v) is 3.97. The fourth-order valence-corrected chi connectivity index (χ4v) is 1.67. The molecule has 1 atom stereocenters. The number of halogens is 1. The molecular weight excluding hydrogens is 215 g/mol. The lowest BCUT2D eigenvalue weighted by atomic mass is 10.1. The van der Waals surface area contributed by atoms with E-state index in [9.17, 15) is 4.39 Å². The summed E-state index contributed by atoms with van der Waals surface area (Å²) in [7, 11) is 0. The Morgan fingerprint density at radius 1 is 1.18 bits per heavy atom. The van der Waals surface area contributed by atoms with Crippen LogP contribution in [0.2, 0.25) is 0 Å². The van der Waals surface area contributed by atoms with Crippen LogP contribution in [-0.2, 0) is 6.54 Å². The molecule has 0 aliphatic rings. The highest BCUT2D eigenvalue weighted by Gasteiger charge is 2.05. The molecule has 2 nitrogen and oxygen atoms in total. The van der Waals surface area contributed by atoms with E-state index in [0.717, 1.165) is 5.56 Å². The molecule has 3 heteroatoms. The first kappa shape index (κ1) is 11.7. The van der Waals surface area contributed by atoms with E-state index < -0.39 is 0 Å². The molecule has 1 unspecified atom stereocenters. The topological polar surface area (TPSA) is 24.9 Å². The SMILES string of the molecule is CC(NCc1ccccc1F)c1ccncc1. The van der Waals surface area contributed by atoms with Gasteiger partial charge in [0.1, 0.15) is 5.82 Å². The monoisotopic (exact) mass is 230 g/mol. The van der Waals surface area contributed by atoms with Gasteiger partial charge in [0.2, 0.25) is 0 Å². The summed E-state index contributed by atoms with van der Waals surface area (Å²) >= 11 is 0. The quantitative estimate of drug-likeness (QED) is 0.873. The summed E-state index contributed by atoms with van der Waals surface area (Å²) < 4.78 is 13.4. The molecule has 0 bridgehead atoms. The van der Waals surface area contributed by atoms with Crippen molar-refractivity contribution < 1.29 is 4.39 Å². The lowest BCUT2D eigenvalue weighted by Crippen LogP contribution is -2.18. The Morgan fingerprint density at radius 3 is 2.59 bits per heavy atom. The molecular formula is C14H15FN2. The zero-order valence-electron chi connectivity index (χ0n) is 9.73. The van der Waals surface area contributed by atoms with E-state index in [0.29, 0.717) is 12.1 Å². The number of nitrogens with zero attached hydrogens (tertiary/aromatic N) is 1. The zero-order chi connectivity index (χ0) is 12.1. The Kier molecular flexibility index (Phi) is 3.83. The molecule has 88 valence electrons. The minimum absolute atomic E-state index is 0.165. The van der Waals surface area contributed by atoms with E-state index in [1.165, 1.54) is 6.07 Å². The molecule has 0 spiro atoms. The fraction of sp³-hybridized carbons (Fsp3) is 0.214. The molecule has 0 saturated heterocycles. The van der Waals surface area contributed by atoms with Crippen LogP contribution < -0.4 is 5.32 Å². The number of hydrogen-bond acceptors (Lipinski definition) is 2. The lowest BCUT2D eigenvalue weighted by Gasteiger charge is -2.14. The molecule has 0 radical (unpaired) electrons. The first-order chi connectivity index (χ1) is 8.27.